The molecule has 4 rings (SSSR count). The minimum atomic E-state index is -0.00933. The maximum Gasteiger partial charge on any atom is 0.230 e. The molecule has 1 aromatic rings. The average Bonchev–Trinajstić information content (AvgIpc) is 2.78. The second-order valence-electron chi connectivity index (χ2n) is 6.43. The van der Waals surface area contributed by atoms with Crippen molar-refractivity contribution in [2.24, 2.45) is 0 Å². The highest BCUT2D eigenvalue weighted by molar-refractivity contribution is 9.09. The molecule has 1 amide bonds. The Bertz CT molecular complexity index is 547. The van der Waals surface area contributed by atoms with Gasteiger partial charge in [0, 0.05) is 22.5 Å². The number of para-hydroxylation sites is 1. The van der Waals surface area contributed by atoms with E-state index in [2.05, 4.69) is 26.9 Å². The third kappa shape index (κ3) is 2.28. The Balaban J connectivity index is 1.62. The lowest BCUT2D eigenvalue weighted by atomic mass is 9.90. The monoisotopic (exact) mass is 349 g/mol. The van der Waals surface area contributed by atoms with Crippen LogP contribution in [0.25, 0.3) is 0 Å². The predicted molar refractivity (Wildman–Crippen MR) is 84.9 cm³/mol. The first-order valence-corrected chi connectivity index (χ1v) is 8.83. The number of carbonyl (C=O) groups excluding carboxylic acids is 1. The van der Waals surface area contributed by atoms with Gasteiger partial charge in [0.15, 0.2) is 0 Å². The predicted octanol–water partition coefficient (Wildman–Crippen LogP) is 3.47. The molecule has 0 saturated carbocycles. The van der Waals surface area contributed by atoms with Crippen LogP contribution in [0.4, 0.5) is 0 Å². The molecule has 0 radical (unpaired) electrons. The number of rotatable bonds is 1. The Morgan fingerprint density at radius 3 is 2.62 bits per heavy atom. The summed E-state index contributed by atoms with van der Waals surface area (Å²) >= 11 is 3.75. The van der Waals surface area contributed by atoms with Gasteiger partial charge in [0.05, 0.1) is 12.5 Å². The first-order valence-electron chi connectivity index (χ1n) is 7.92. The molecule has 21 heavy (non-hydrogen) atoms. The molecule has 3 aliphatic heterocycles. The highest BCUT2D eigenvalue weighted by Gasteiger charge is 2.45. The zero-order valence-corrected chi connectivity index (χ0v) is 13.6. The van der Waals surface area contributed by atoms with Crippen LogP contribution in [-0.2, 0) is 4.79 Å². The summed E-state index contributed by atoms with van der Waals surface area (Å²) < 4.78 is 5.70. The van der Waals surface area contributed by atoms with Gasteiger partial charge in [-0.2, -0.15) is 0 Å². The third-order valence-electron chi connectivity index (χ3n) is 5.19. The molecule has 3 heterocycles. The lowest BCUT2D eigenvalue weighted by molar-refractivity contribution is -0.137. The van der Waals surface area contributed by atoms with E-state index in [-0.39, 0.29) is 5.92 Å². The van der Waals surface area contributed by atoms with Gasteiger partial charge in [-0.05, 0) is 38.2 Å². The van der Waals surface area contributed by atoms with Crippen LogP contribution in [0.5, 0.6) is 5.75 Å². The molecule has 112 valence electrons. The van der Waals surface area contributed by atoms with Crippen molar-refractivity contribution in [2.75, 3.05) is 6.61 Å². The van der Waals surface area contributed by atoms with Gasteiger partial charge in [-0.15, -0.1) is 0 Å². The molecule has 2 bridgehead atoms. The molecule has 0 aliphatic carbocycles. The highest BCUT2D eigenvalue weighted by Crippen LogP contribution is 2.42. The molecular formula is C17H20BrNO2. The number of carbonyl (C=O) groups is 1. The Hall–Kier alpha value is -1.03. The number of fused-ring (bicyclic) bond motifs is 3. The summed E-state index contributed by atoms with van der Waals surface area (Å²) in [5, 5.41) is 0. The van der Waals surface area contributed by atoms with Crippen molar-refractivity contribution >= 4 is 21.8 Å². The zero-order valence-electron chi connectivity index (χ0n) is 12.0. The minimum absolute atomic E-state index is 0.00933. The number of alkyl halides is 1. The molecule has 2 saturated heterocycles. The van der Waals surface area contributed by atoms with Crippen LogP contribution in [0.1, 0.15) is 43.6 Å². The molecule has 1 aromatic carbocycles. The van der Waals surface area contributed by atoms with Gasteiger partial charge in [-0.1, -0.05) is 34.1 Å². The highest BCUT2D eigenvalue weighted by atomic mass is 79.9. The van der Waals surface area contributed by atoms with Gasteiger partial charge < -0.3 is 9.64 Å². The van der Waals surface area contributed by atoms with Crippen molar-refractivity contribution in [2.45, 2.75) is 54.9 Å². The van der Waals surface area contributed by atoms with Crippen LogP contribution < -0.4 is 4.74 Å². The Kier molecular flexibility index (Phi) is 3.44. The van der Waals surface area contributed by atoms with E-state index in [4.69, 9.17) is 4.74 Å². The van der Waals surface area contributed by atoms with Crippen LogP contribution in [0.2, 0.25) is 0 Å². The Labute approximate surface area is 133 Å². The van der Waals surface area contributed by atoms with E-state index in [1.54, 1.807) is 0 Å². The van der Waals surface area contributed by atoms with Crippen LogP contribution in [0.3, 0.4) is 0 Å². The fraction of sp³-hybridized carbons (Fsp3) is 0.588. The number of hydrogen-bond donors (Lipinski definition) is 0. The Morgan fingerprint density at radius 1 is 1.14 bits per heavy atom. The Morgan fingerprint density at radius 2 is 1.86 bits per heavy atom. The minimum Gasteiger partial charge on any atom is -0.493 e. The van der Waals surface area contributed by atoms with Crippen molar-refractivity contribution in [1.82, 2.24) is 4.90 Å². The van der Waals surface area contributed by atoms with Crippen molar-refractivity contribution in [3.8, 4) is 5.75 Å². The van der Waals surface area contributed by atoms with Crippen LogP contribution in [0, 0.1) is 0 Å². The van der Waals surface area contributed by atoms with E-state index in [0.717, 1.165) is 30.6 Å². The van der Waals surface area contributed by atoms with E-state index >= 15 is 0 Å². The molecule has 3 atom stereocenters. The lowest BCUT2D eigenvalue weighted by Gasteiger charge is -2.40. The molecule has 3 aliphatic rings. The molecule has 2 fully saturated rings. The van der Waals surface area contributed by atoms with Gasteiger partial charge in [0.25, 0.3) is 0 Å². The number of nitrogens with zero attached hydrogens (tertiary/aromatic N) is 1. The SMILES string of the molecule is O=C(C1CCOc2ccccc21)N1C2CCC1CC(Br)C2. The van der Waals surface area contributed by atoms with Gasteiger partial charge in [-0.3, -0.25) is 4.79 Å². The summed E-state index contributed by atoms with van der Waals surface area (Å²) in [6.07, 6.45) is 5.36. The fourth-order valence-corrected chi connectivity index (χ4v) is 5.11. The summed E-state index contributed by atoms with van der Waals surface area (Å²) in [6, 6.07) is 8.90. The second-order valence-corrected chi connectivity index (χ2v) is 7.72. The smallest absolute Gasteiger partial charge is 0.230 e. The number of halogens is 1. The zero-order chi connectivity index (χ0) is 14.4. The van der Waals surface area contributed by atoms with Crippen molar-refractivity contribution in [3.05, 3.63) is 29.8 Å². The normalized spacial score (nSPS) is 34.2. The van der Waals surface area contributed by atoms with Crippen molar-refractivity contribution < 1.29 is 9.53 Å². The summed E-state index contributed by atoms with van der Waals surface area (Å²) in [5.74, 6) is 1.22. The van der Waals surface area contributed by atoms with E-state index in [1.165, 1.54) is 12.8 Å². The fourth-order valence-electron chi connectivity index (χ4n) is 4.25. The van der Waals surface area contributed by atoms with E-state index < -0.39 is 0 Å². The van der Waals surface area contributed by atoms with Crippen molar-refractivity contribution in [1.29, 1.82) is 0 Å². The number of hydrogen-bond acceptors (Lipinski definition) is 2. The van der Waals surface area contributed by atoms with Gasteiger partial charge in [0.1, 0.15) is 5.75 Å². The molecule has 0 N–H and O–H groups in total. The van der Waals surface area contributed by atoms with Gasteiger partial charge in [0.2, 0.25) is 5.91 Å². The maximum absolute atomic E-state index is 13.1. The number of piperidine rings is 1. The topological polar surface area (TPSA) is 29.5 Å². The number of benzene rings is 1. The molecule has 3 nitrogen and oxygen atoms in total. The van der Waals surface area contributed by atoms with Crippen molar-refractivity contribution in [3.63, 3.8) is 0 Å². The molecule has 0 aromatic heterocycles. The summed E-state index contributed by atoms with van der Waals surface area (Å²) in [7, 11) is 0. The number of ether oxygens (including phenoxy) is 1. The number of amides is 1. The summed E-state index contributed by atoms with van der Waals surface area (Å²) in [4.78, 5) is 15.9. The summed E-state index contributed by atoms with van der Waals surface area (Å²) in [6.45, 7) is 0.650. The third-order valence-corrected chi connectivity index (χ3v) is 5.93. The second kappa shape index (κ2) is 5.31. The lowest BCUT2D eigenvalue weighted by Crippen LogP contribution is -2.49. The van der Waals surface area contributed by atoms with E-state index in [1.807, 2.05) is 18.2 Å². The molecule has 3 unspecified atom stereocenters. The first kappa shape index (κ1) is 13.6. The van der Waals surface area contributed by atoms with Gasteiger partial charge in [-0.25, -0.2) is 0 Å². The first-order chi connectivity index (χ1) is 10.2. The van der Waals surface area contributed by atoms with Crippen LogP contribution in [0.15, 0.2) is 24.3 Å². The molecule has 4 heteroatoms. The summed E-state index contributed by atoms with van der Waals surface area (Å²) in [5.41, 5.74) is 1.08. The molecular weight excluding hydrogens is 330 g/mol. The largest absolute Gasteiger partial charge is 0.493 e. The van der Waals surface area contributed by atoms with Crippen LogP contribution in [-0.4, -0.2) is 34.3 Å². The van der Waals surface area contributed by atoms with E-state index in [9.17, 15) is 4.79 Å². The molecule has 0 spiro atoms. The maximum atomic E-state index is 13.1. The van der Waals surface area contributed by atoms with Crippen LogP contribution >= 0.6 is 15.9 Å². The average molecular weight is 350 g/mol. The standard InChI is InChI=1S/C17H20BrNO2/c18-11-9-12-5-6-13(10-11)19(12)17(20)15-7-8-21-16-4-2-1-3-14(15)16/h1-4,11-13,15H,5-10H2. The van der Waals surface area contributed by atoms with Gasteiger partial charge >= 0.3 is 0 Å². The van der Waals surface area contributed by atoms with E-state index in [0.29, 0.717) is 29.4 Å². The quantitative estimate of drug-likeness (QED) is 0.726.